The molecule has 1 spiro atoms. The highest BCUT2D eigenvalue weighted by Gasteiger charge is 2.52. The van der Waals surface area contributed by atoms with E-state index >= 15 is 0 Å². The molecule has 27 heavy (non-hydrogen) atoms. The van der Waals surface area contributed by atoms with Crippen LogP contribution in [0.5, 0.6) is 23.0 Å². The van der Waals surface area contributed by atoms with E-state index in [0.29, 0.717) is 26.4 Å². The quantitative estimate of drug-likeness (QED) is 0.606. The zero-order valence-corrected chi connectivity index (χ0v) is 16.3. The fourth-order valence-corrected chi connectivity index (χ4v) is 3.96. The Morgan fingerprint density at radius 3 is 1.70 bits per heavy atom. The SMILES string of the molecule is CCCCOc1cccc2c1C1(CO2)COc2cccc(OCCCC)c21. The van der Waals surface area contributed by atoms with Crippen LogP contribution < -0.4 is 18.9 Å². The number of fused-ring (bicyclic) bond motifs is 4. The number of rotatable bonds is 8. The Bertz CT molecular complexity index is 731. The van der Waals surface area contributed by atoms with Crippen LogP contribution in [0.4, 0.5) is 0 Å². The van der Waals surface area contributed by atoms with Crippen molar-refractivity contribution < 1.29 is 18.9 Å². The summed E-state index contributed by atoms with van der Waals surface area (Å²) in [7, 11) is 0. The Morgan fingerprint density at radius 2 is 1.26 bits per heavy atom. The van der Waals surface area contributed by atoms with Crippen LogP contribution in [0, 0.1) is 0 Å². The van der Waals surface area contributed by atoms with E-state index in [9.17, 15) is 0 Å². The van der Waals surface area contributed by atoms with Crippen LogP contribution in [-0.2, 0) is 5.41 Å². The summed E-state index contributed by atoms with van der Waals surface area (Å²) in [4.78, 5) is 0. The second-order valence-electron chi connectivity index (χ2n) is 7.32. The fraction of sp³-hybridized carbons (Fsp3) is 0.478. The molecular weight excluding hydrogens is 340 g/mol. The molecule has 0 unspecified atom stereocenters. The summed E-state index contributed by atoms with van der Waals surface area (Å²) in [5.74, 6) is 3.59. The maximum atomic E-state index is 6.15. The lowest BCUT2D eigenvalue weighted by molar-refractivity contribution is 0.230. The predicted octanol–water partition coefficient (Wildman–Crippen LogP) is 5.12. The van der Waals surface area contributed by atoms with Gasteiger partial charge in [0, 0.05) is 0 Å². The standard InChI is InChI=1S/C23H28O4/c1-3-5-13-24-17-9-7-11-19-21(17)23(15-26-19)16-27-20-12-8-10-18(22(20)23)25-14-6-4-2/h7-12H,3-6,13-16H2,1-2H3. The highest BCUT2D eigenvalue weighted by molar-refractivity contribution is 5.65. The first-order chi connectivity index (χ1) is 13.3. The molecule has 0 saturated heterocycles. The van der Waals surface area contributed by atoms with Crippen molar-refractivity contribution in [3.05, 3.63) is 47.5 Å². The van der Waals surface area contributed by atoms with Crippen LogP contribution in [0.15, 0.2) is 36.4 Å². The van der Waals surface area contributed by atoms with Crippen molar-refractivity contribution in [3.8, 4) is 23.0 Å². The Balaban J connectivity index is 1.75. The van der Waals surface area contributed by atoms with Crippen LogP contribution in [0.25, 0.3) is 0 Å². The lowest BCUT2D eigenvalue weighted by Gasteiger charge is -2.25. The molecule has 2 aromatic rings. The van der Waals surface area contributed by atoms with E-state index in [1.807, 2.05) is 36.4 Å². The van der Waals surface area contributed by atoms with Crippen molar-refractivity contribution in [2.45, 2.75) is 44.9 Å². The van der Waals surface area contributed by atoms with E-state index in [0.717, 1.165) is 59.8 Å². The summed E-state index contributed by atoms with van der Waals surface area (Å²) < 4.78 is 24.5. The molecule has 0 N–H and O–H groups in total. The third kappa shape index (κ3) is 3.11. The second kappa shape index (κ2) is 7.71. The van der Waals surface area contributed by atoms with Gasteiger partial charge < -0.3 is 18.9 Å². The molecule has 0 atom stereocenters. The van der Waals surface area contributed by atoms with Crippen LogP contribution in [0.3, 0.4) is 0 Å². The monoisotopic (exact) mass is 368 g/mol. The molecule has 2 heterocycles. The molecule has 0 aliphatic carbocycles. The van der Waals surface area contributed by atoms with Crippen LogP contribution in [0.2, 0.25) is 0 Å². The summed E-state index contributed by atoms with van der Waals surface area (Å²) >= 11 is 0. The lowest BCUT2D eigenvalue weighted by Crippen LogP contribution is -2.32. The molecule has 2 aliphatic heterocycles. The highest BCUT2D eigenvalue weighted by atomic mass is 16.5. The molecule has 0 amide bonds. The van der Waals surface area contributed by atoms with E-state index in [1.54, 1.807) is 0 Å². The van der Waals surface area contributed by atoms with Gasteiger partial charge in [-0.2, -0.15) is 0 Å². The smallest absolute Gasteiger partial charge is 0.127 e. The number of hydrogen-bond donors (Lipinski definition) is 0. The third-order valence-corrected chi connectivity index (χ3v) is 5.39. The molecule has 4 nitrogen and oxygen atoms in total. The minimum atomic E-state index is -0.365. The van der Waals surface area contributed by atoms with Gasteiger partial charge in [-0.25, -0.2) is 0 Å². The average molecular weight is 368 g/mol. The van der Waals surface area contributed by atoms with Gasteiger partial charge >= 0.3 is 0 Å². The van der Waals surface area contributed by atoms with E-state index < -0.39 is 0 Å². The van der Waals surface area contributed by atoms with Crippen molar-refractivity contribution in [2.75, 3.05) is 26.4 Å². The van der Waals surface area contributed by atoms with Crippen LogP contribution in [-0.4, -0.2) is 26.4 Å². The minimum Gasteiger partial charge on any atom is -0.493 e. The zero-order chi connectivity index (χ0) is 18.7. The maximum Gasteiger partial charge on any atom is 0.127 e. The molecular formula is C23H28O4. The van der Waals surface area contributed by atoms with Crippen molar-refractivity contribution in [2.24, 2.45) is 0 Å². The Labute approximate surface area is 161 Å². The summed E-state index contributed by atoms with van der Waals surface area (Å²) in [6.45, 7) is 6.88. The van der Waals surface area contributed by atoms with Gasteiger partial charge in [0.05, 0.1) is 24.3 Å². The summed E-state index contributed by atoms with van der Waals surface area (Å²) in [5.41, 5.74) is 1.84. The van der Waals surface area contributed by atoms with Crippen molar-refractivity contribution >= 4 is 0 Å². The average Bonchev–Trinajstić information content (AvgIpc) is 3.26. The van der Waals surface area contributed by atoms with Gasteiger partial charge in [0.1, 0.15) is 41.6 Å². The Kier molecular flexibility index (Phi) is 5.15. The summed E-state index contributed by atoms with van der Waals surface area (Å²) in [6.07, 6.45) is 4.29. The van der Waals surface area contributed by atoms with Crippen molar-refractivity contribution in [1.29, 1.82) is 0 Å². The van der Waals surface area contributed by atoms with Crippen LogP contribution >= 0.6 is 0 Å². The van der Waals surface area contributed by atoms with Crippen molar-refractivity contribution in [3.63, 3.8) is 0 Å². The number of benzene rings is 2. The highest BCUT2D eigenvalue weighted by Crippen LogP contribution is 2.56. The number of hydrogen-bond acceptors (Lipinski definition) is 4. The molecule has 0 fully saturated rings. The van der Waals surface area contributed by atoms with Crippen LogP contribution in [0.1, 0.15) is 50.7 Å². The van der Waals surface area contributed by atoms with Gasteiger partial charge in [-0.15, -0.1) is 0 Å². The first-order valence-electron chi connectivity index (χ1n) is 10.1. The first kappa shape index (κ1) is 18.0. The summed E-state index contributed by atoms with van der Waals surface area (Å²) in [6, 6.07) is 12.1. The van der Waals surface area contributed by atoms with Gasteiger partial charge in [0.15, 0.2) is 0 Å². The zero-order valence-electron chi connectivity index (χ0n) is 16.3. The van der Waals surface area contributed by atoms with Gasteiger partial charge in [-0.1, -0.05) is 38.8 Å². The molecule has 0 bridgehead atoms. The molecule has 4 rings (SSSR count). The normalized spacial score (nSPS) is 15.8. The number of unbranched alkanes of at least 4 members (excludes halogenated alkanes) is 2. The topological polar surface area (TPSA) is 36.9 Å². The van der Waals surface area contributed by atoms with E-state index in [1.165, 1.54) is 0 Å². The van der Waals surface area contributed by atoms with Gasteiger partial charge in [-0.05, 0) is 37.1 Å². The minimum absolute atomic E-state index is 0.365. The largest absolute Gasteiger partial charge is 0.493 e. The molecule has 144 valence electrons. The molecule has 2 aromatic carbocycles. The number of ether oxygens (including phenoxy) is 4. The van der Waals surface area contributed by atoms with E-state index in [2.05, 4.69) is 13.8 Å². The first-order valence-corrected chi connectivity index (χ1v) is 10.1. The summed E-state index contributed by atoms with van der Waals surface area (Å²) in [5, 5.41) is 0. The maximum absolute atomic E-state index is 6.15. The Hall–Kier alpha value is -2.36. The van der Waals surface area contributed by atoms with E-state index in [-0.39, 0.29) is 5.41 Å². The molecule has 0 aromatic heterocycles. The molecule has 4 heteroatoms. The Morgan fingerprint density at radius 1 is 0.778 bits per heavy atom. The van der Waals surface area contributed by atoms with Gasteiger partial charge in [0.25, 0.3) is 0 Å². The second-order valence-corrected chi connectivity index (χ2v) is 7.32. The fourth-order valence-electron chi connectivity index (χ4n) is 3.96. The third-order valence-electron chi connectivity index (χ3n) is 5.39. The van der Waals surface area contributed by atoms with Crippen molar-refractivity contribution in [1.82, 2.24) is 0 Å². The molecule has 0 radical (unpaired) electrons. The lowest BCUT2D eigenvalue weighted by atomic mass is 9.77. The predicted molar refractivity (Wildman–Crippen MR) is 105 cm³/mol. The van der Waals surface area contributed by atoms with E-state index in [4.69, 9.17) is 18.9 Å². The molecule has 0 saturated carbocycles. The van der Waals surface area contributed by atoms with Gasteiger partial charge in [0.2, 0.25) is 0 Å². The van der Waals surface area contributed by atoms with Gasteiger partial charge in [-0.3, -0.25) is 0 Å². The molecule has 2 aliphatic rings.